The fourth-order valence-corrected chi connectivity index (χ4v) is 2.68. The molecule has 23 heavy (non-hydrogen) atoms. The van der Waals surface area contributed by atoms with Gasteiger partial charge in [0, 0.05) is 17.6 Å². The summed E-state index contributed by atoms with van der Waals surface area (Å²) in [4.78, 5) is 13.4. The Bertz CT molecular complexity index is 624. The molecule has 124 valence electrons. The Morgan fingerprint density at radius 1 is 1.22 bits per heavy atom. The van der Waals surface area contributed by atoms with Crippen molar-refractivity contribution in [3.05, 3.63) is 30.3 Å². The monoisotopic (exact) mass is 336 g/mol. The average Bonchev–Trinajstić information content (AvgIpc) is 2.99. The largest absolute Gasteiger partial charge is 0.352 e. The summed E-state index contributed by atoms with van der Waals surface area (Å²) in [6.45, 7) is 0.0857. The third kappa shape index (κ3) is 4.74. The lowest BCUT2D eigenvalue weighted by atomic mass is 9.92. The molecule has 0 radical (unpaired) electrons. The smallest absolute Gasteiger partial charge is 0.243 e. The molecule has 3 N–H and O–H groups in total. The van der Waals surface area contributed by atoms with E-state index in [0.29, 0.717) is 5.82 Å². The molecular weight excluding hydrogens is 316 g/mol. The van der Waals surface area contributed by atoms with Crippen LogP contribution in [-0.4, -0.2) is 38.2 Å². The van der Waals surface area contributed by atoms with Crippen LogP contribution in [0.15, 0.2) is 30.3 Å². The minimum Gasteiger partial charge on any atom is -0.352 e. The molecular formula is C15H21ClN6O. The Labute approximate surface area is 141 Å². The number of nitrogens with zero attached hydrogens (tertiary/aromatic N) is 4. The molecule has 1 aliphatic carbocycles. The number of hydrogen-bond acceptors (Lipinski definition) is 5. The normalized spacial score (nSPS) is 20.6. The van der Waals surface area contributed by atoms with Gasteiger partial charge >= 0.3 is 0 Å². The van der Waals surface area contributed by atoms with E-state index in [-0.39, 0.29) is 36.9 Å². The molecule has 3 rings (SSSR count). The summed E-state index contributed by atoms with van der Waals surface area (Å²) >= 11 is 0. The first-order valence-electron chi connectivity index (χ1n) is 7.59. The van der Waals surface area contributed by atoms with Gasteiger partial charge in [-0.15, -0.1) is 22.6 Å². The molecule has 0 atom stereocenters. The van der Waals surface area contributed by atoms with Crippen LogP contribution in [0, 0.1) is 0 Å². The van der Waals surface area contributed by atoms with Crippen LogP contribution in [0.3, 0.4) is 0 Å². The summed E-state index contributed by atoms with van der Waals surface area (Å²) in [6.07, 6.45) is 3.80. The standard InChI is InChI=1S/C15H20N6O.ClH/c16-12-6-8-13(9-7-12)17-14(22)10-21-19-15(18-20-21)11-4-2-1-3-5-11;/h1-5,12-13H,6-10,16H2,(H,17,22);1H. The highest BCUT2D eigenvalue weighted by molar-refractivity contribution is 5.85. The van der Waals surface area contributed by atoms with Gasteiger partial charge in [0.1, 0.15) is 6.54 Å². The number of nitrogens with two attached hydrogens (primary N) is 1. The third-order valence-electron chi connectivity index (χ3n) is 3.91. The molecule has 0 aliphatic heterocycles. The topological polar surface area (TPSA) is 98.7 Å². The van der Waals surface area contributed by atoms with Crippen molar-refractivity contribution in [2.45, 2.75) is 44.3 Å². The molecule has 2 aromatic rings. The van der Waals surface area contributed by atoms with Crippen LogP contribution in [0.1, 0.15) is 25.7 Å². The summed E-state index contributed by atoms with van der Waals surface area (Å²) in [5, 5.41) is 15.2. The molecule has 7 nitrogen and oxygen atoms in total. The number of halogens is 1. The van der Waals surface area contributed by atoms with E-state index in [1.54, 1.807) is 0 Å². The molecule has 1 aliphatic rings. The van der Waals surface area contributed by atoms with Crippen LogP contribution in [0.5, 0.6) is 0 Å². The van der Waals surface area contributed by atoms with Crippen LogP contribution in [0.2, 0.25) is 0 Å². The van der Waals surface area contributed by atoms with E-state index in [1.165, 1.54) is 4.80 Å². The summed E-state index contributed by atoms with van der Waals surface area (Å²) in [5.41, 5.74) is 6.75. The number of amides is 1. The first-order valence-corrected chi connectivity index (χ1v) is 7.59. The van der Waals surface area contributed by atoms with Crippen molar-refractivity contribution >= 4 is 18.3 Å². The van der Waals surface area contributed by atoms with Crippen molar-refractivity contribution in [3.63, 3.8) is 0 Å². The molecule has 1 saturated carbocycles. The zero-order chi connectivity index (χ0) is 15.4. The van der Waals surface area contributed by atoms with Crippen molar-refractivity contribution in [1.82, 2.24) is 25.5 Å². The van der Waals surface area contributed by atoms with Crippen molar-refractivity contribution in [3.8, 4) is 11.4 Å². The fourth-order valence-electron chi connectivity index (χ4n) is 2.68. The first-order chi connectivity index (χ1) is 10.7. The predicted octanol–water partition coefficient (Wildman–Crippen LogP) is 1.15. The maximum Gasteiger partial charge on any atom is 0.243 e. The number of aromatic nitrogens is 4. The molecule has 0 saturated heterocycles. The van der Waals surface area contributed by atoms with E-state index < -0.39 is 0 Å². The van der Waals surface area contributed by atoms with Gasteiger partial charge < -0.3 is 11.1 Å². The van der Waals surface area contributed by atoms with Crippen LogP contribution >= 0.6 is 12.4 Å². The van der Waals surface area contributed by atoms with Gasteiger partial charge in [-0.3, -0.25) is 4.79 Å². The highest BCUT2D eigenvalue weighted by Crippen LogP contribution is 2.17. The number of hydrogen-bond donors (Lipinski definition) is 2. The van der Waals surface area contributed by atoms with Crippen molar-refractivity contribution in [1.29, 1.82) is 0 Å². The van der Waals surface area contributed by atoms with Gasteiger partial charge in [0.05, 0.1) is 0 Å². The number of tetrazole rings is 1. The van der Waals surface area contributed by atoms with Crippen LogP contribution in [-0.2, 0) is 11.3 Å². The highest BCUT2D eigenvalue weighted by atomic mass is 35.5. The van der Waals surface area contributed by atoms with Crippen molar-refractivity contribution < 1.29 is 4.79 Å². The van der Waals surface area contributed by atoms with E-state index in [9.17, 15) is 4.79 Å². The fraction of sp³-hybridized carbons (Fsp3) is 0.467. The van der Waals surface area contributed by atoms with Gasteiger partial charge in [0.15, 0.2) is 0 Å². The molecule has 1 heterocycles. The lowest BCUT2D eigenvalue weighted by Gasteiger charge is -2.26. The number of carbonyl (C=O) groups excluding carboxylic acids is 1. The zero-order valence-electron chi connectivity index (χ0n) is 12.8. The quantitative estimate of drug-likeness (QED) is 0.872. The van der Waals surface area contributed by atoms with E-state index in [0.717, 1.165) is 31.2 Å². The molecule has 1 aromatic heterocycles. The van der Waals surface area contributed by atoms with E-state index in [1.807, 2.05) is 30.3 Å². The van der Waals surface area contributed by atoms with Crippen LogP contribution < -0.4 is 11.1 Å². The lowest BCUT2D eigenvalue weighted by molar-refractivity contribution is -0.123. The predicted molar refractivity (Wildman–Crippen MR) is 88.9 cm³/mol. The second kappa shape index (κ2) is 8.03. The van der Waals surface area contributed by atoms with E-state index in [4.69, 9.17) is 5.73 Å². The molecule has 8 heteroatoms. The molecule has 0 spiro atoms. The number of rotatable bonds is 4. The Hall–Kier alpha value is -1.99. The summed E-state index contributed by atoms with van der Waals surface area (Å²) in [5.74, 6) is 0.439. The van der Waals surface area contributed by atoms with Gasteiger partial charge in [0.2, 0.25) is 11.7 Å². The Balaban J connectivity index is 0.00000192. The lowest BCUT2D eigenvalue weighted by Crippen LogP contribution is -2.41. The van der Waals surface area contributed by atoms with Crippen molar-refractivity contribution in [2.24, 2.45) is 5.73 Å². The number of carbonyl (C=O) groups is 1. The molecule has 1 fully saturated rings. The van der Waals surface area contributed by atoms with Crippen LogP contribution in [0.25, 0.3) is 11.4 Å². The summed E-state index contributed by atoms with van der Waals surface area (Å²) in [7, 11) is 0. The second-order valence-electron chi connectivity index (χ2n) is 5.69. The Morgan fingerprint density at radius 2 is 1.91 bits per heavy atom. The summed E-state index contributed by atoms with van der Waals surface area (Å²) in [6, 6.07) is 10.1. The van der Waals surface area contributed by atoms with E-state index >= 15 is 0 Å². The minimum absolute atomic E-state index is 0. The van der Waals surface area contributed by atoms with Gasteiger partial charge in [-0.05, 0) is 30.9 Å². The minimum atomic E-state index is -0.0857. The SMILES string of the molecule is Cl.NC1CCC(NC(=O)Cn2nnc(-c3ccccc3)n2)CC1. The molecule has 0 unspecified atom stereocenters. The van der Waals surface area contributed by atoms with Crippen LogP contribution in [0.4, 0.5) is 0 Å². The Kier molecular flexibility index (Phi) is 6.06. The average molecular weight is 337 g/mol. The molecule has 1 aromatic carbocycles. The zero-order valence-corrected chi connectivity index (χ0v) is 13.6. The van der Waals surface area contributed by atoms with Crippen molar-refractivity contribution in [2.75, 3.05) is 0 Å². The Morgan fingerprint density at radius 3 is 2.61 bits per heavy atom. The first kappa shape index (κ1) is 17.4. The van der Waals surface area contributed by atoms with Gasteiger partial charge in [-0.25, -0.2) is 0 Å². The maximum atomic E-state index is 12.0. The molecule has 1 amide bonds. The van der Waals surface area contributed by atoms with Gasteiger partial charge in [-0.2, -0.15) is 4.80 Å². The maximum absolute atomic E-state index is 12.0. The second-order valence-corrected chi connectivity index (χ2v) is 5.69. The van der Waals surface area contributed by atoms with E-state index in [2.05, 4.69) is 20.7 Å². The van der Waals surface area contributed by atoms with Gasteiger partial charge in [-0.1, -0.05) is 30.3 Å². The van der Waals surface area contributed by atoms with Gasteiger partial charge in [0.25, 0.3) is 0 Å². The number of benzene rings is 1. The number of nitrogens with one attached hydrogen (secondary N) is 1. The third-order valence-corrected chi connectivity index (χ3v) is 3.91. The molecule has 0 bridgehead atoms. The summed E-state index contributed by atoms with van der Waals surface area (Å²) < 4.78 is 0. The highest BCUT2D eigenvalue weighted by Gasteiger charge is 2.20.